The zero-order valence-electron chi connectivity index (χ0n) is 17.1. The first-order chi connectivity index (χ1) is 13.8. The highest BCUT2D eigenvalue weighted by Gasteiger charge is 2.40. The van der Waals surface area contributed by atoms with Gasteiger partial charge in [0.05, 0.1) is 0 Å². The first-order valence-electron chi connectivity index (χ1n) is 10.6. The number of carbonyl (C=O) groups is 1. The summed E-state index contributed by atoms with van der Waals surface area (Å²) in [4.78, 5) is 12.5. The molecule has 2 aliphatic heterocycles. The zero-order chi connectivity index (χ0) is 20.8. The Labute approximate surface area is 172 Å². The van der Waals surface area contributed by atoms with Crippen molar-refractivity contribution >= 4 is 16.1 Å². The van der Waals surface area contributed by atoms with Crippen molar-refractivity contribution in [2.45, 2.75) is 70.0 Å². The van der Waals surface area contributed by atoms with Crippen LogP contribution in [0.3, 0.4) is 0 Å². The second-order valence-electron chi connectivity index (χ2n) is 8.84. The van der Waals surface area contributed by atoms with Crippen LogP contribution in [0.2, 0.25) is 0 Å². The molecule has 0 aromatic carbocycles. The monoisotopic (exact) mass is 425 g/mol. The number of nitrogens with one attached hydrogen (secondary N) is 1. The number of nitrogens with zero attached hydrogens (tertiary/aromatic N) is 3. The Balaban J connectivity index is 1.34. The lowest BCUT2D eigenvalue weighted by molar-refractivity contribution is 0.0903. The summed E-state index contributed by atoms with van der Waals surface area (Å²) in [6, 6.07) is 1.50. The molecule has 0 spiro atoms. The molecule has 3 N–H and O–H groups in total. The van der Waals surface area contributed by atoms with Crippen LogP contribution in [0.1, 0.15) is 68.1 Å². The molecule has 2 unspecified atom stereocenters. The van der Waals surface area contributed by atoms with E-state index >= 15 is 0 Å². The number of carbonyl (C=O) groups excluding carboxylic acids is 1. The zero-order valence-corrected chi connectivity index (χ0v) is 17.9. The number of hydrogen-bond donors (Lipinski definition) is 2. The molecule has 10 heteroatoms. The Hall–Kier alpha value is -1.49. The predicted octanol–water partition coefficient (Wildman–Crippen LogP) is 1.05. The molecule has 1 aliphatic carbocycles. The number of amides is 1. The van der Waals surface area contributed by atoms with Crippen LogP contribution in [-0.4, -0.2) is 65.9 Å². The third-order valence-corrected chi connectivity index (χ3v) is 8.57. The number of piperidine rings is 2. The normalized spacial score (nSPS) is 32.2. The van der Waals surface area contributed by atoms with Gasteiger partial charge in [-0.3, -0.25) is 4.79 Å². The van der Waals surface area contributed by atoms with Crippen LogP contribution in [0.25, 0.3) is 0 Å². The molecule has 3 heterocycles. The minimum Gasteiger partial charge on any atom is -0.360 e. The Morgan fingerprint density at radius 1 is 1.24 bits per heavy atom. The van der Waals surface area contributed by atoms with Gasteiger partial charge in [0.25, 0.3) is 16.1 Å². The molecule has 1 saturated carbocycles. The van der Waals surface area contributed by atoms with Gasteiger partial charge in [0.2, 0.25) is 0 Å². The van der Waals surface area contributed by atoms with Crippen molar-refractivity contribution in [1.82, 2.24) is 19.1 Å². The van der Waals surface area contributed by atoms with E-state index in [-0.39, 0.29) is 30.0 Å². The Morgan fingerprint density at radius 2 is 2.00 bits per heavy atom. The molecule has 162 valence electrons. The van der Waals surface area contributed by atoms with Gasteiger partial charge >= 0.3 is 0 Å². The van der Waals surface area contributed by atoms with Crippen LogP contribution in [0.15, 0.2) is 10.6 Å². The van der Waals surface area contributed by atoms with Crippen molar-refractivity contribution in [3.63, 3.8) is 0 Å². The van der Waals surface area contributed by atoms with Gasteiger partial charge in [0, 0.05) is 49.7 Å². The van der Waals surface area contributed by atoms with Crippen LogP contribution >= 0.6 is 0 Å². The maximum atomic E-state index is 13.1. The third kappa shape index (κ3) is 4.35. The minimum absolute atomic E-state index is 0.0526. The molecule has 2 saturated heterocycles. The Kier molecular flexibility index (Phi) is 5.71. The van der Waals surface area contributed by atoms with Gasteiger partial charge in [-0.15, -0.1) is 0 Å². The first kappa shape index (κ1) is 20.8. The molecule has 4 rings (SSSR count). The highest BCUT2D eigenvalue weighted by atomic mass is 32.2. The molecule has 0 bridgehead atoms. The van der Waals surface area contributed by atoms with Crippen molar-refractivity contribution < 1.29 is 17.7 Å². The quantitative estimate of drug-likeness (QED) is 0.727. The van der Waals surface area contributed by atoms with Crippen molar-refractivity contribution in [1.29, 1.82) is 0 Å². The lowest BCUT2D eigenvalue weighted by Gasteiger charge is -2.42. The maximum Gasteiger partial charge on any atom is 0.282 e. The van der Waals surface area contributed by atoms with Crippen molar-refractivity contribution in [2.24, 2.45) is 11.7 Å². The Morgan fingerprint density at radius 3 is 2.66 bits per heavy atom. The summed E-state index contributed by atoms with van der Waals surface area (Å²) in [5.41, 5.74) is 6.34. The first-order valence-corrected chi connectivity index (χ1v) is 12.0. The topological polar surface area (TPSA) is 122 Å². The fraction of sp³-hybridized carbons (Fsp3) is 0.789. The number of aromatic nitrogens is 1. The molecular weight excluding hydrogens is 394 g/mol. The maximum absolute atomic E-state index is 13.1. The van der Waals surface area contributed by atoms with Gasteiger partial charge < -0.3 is 15.6 Å². The van der Waals surface area contributed by atoms with Crippen LogP contribution in [0.4, 0.5) is 0 Å². The highest BCUT2D eigenvalue weighted by Crippen LogP contribution is 2.40. The van der Waals surface area contributed by atoms with Gasteiger partial charge in [-0.2, -0.15) is 17.0 Å². The molecule has 1 aromatic rings. The standard InChI is InChI=1S/C19H31N5O4S/c1-12-11-23(7-6-16(12)20)29(26,27)24-8-5-15(9-13(24)2)21-19(25)17-10-18(28-22-17)14-3-4-14/h10,12-16H,3-9,11,20H2,1-2H3,(H,21,25)/t12?,13-,15-,16?/m0/s1. The summed E-state index contributed by atoms with van der Waals surface area (Å²) in [6.07, 6.45) is 4.00. The molecule has 0 radical (unpaired) electrons. The van der Waals surface area contributed by atoms with E-state index in [0.29, 0.717) is 50.5 Å². The SMILES string of the molecule is CC1CN(S(=O)(=O)N2CC[C@H](NC(=O)c3cc(C4CC4)on3)C[C@@H]2C)CCC1N. The number of rotatable bonds is 5. The van der Waals surface area contributed by atoms with Gasteiger partial charge in [-0.25, -0.2) is 0 Å². The second-order valence-corrected chi connectivity index (χ2v) is 10.7. The van der Waals surface area contributed by atoms with Crippen LogP contribution in [-0.2, 0) is 10.2 Å². The molecule has 3 aliphatic rings. The van der Waals surface area contributed by atoms with E-state index in [0.717, 1.165) is 18.6 Å². The van der Waals surface area contributed by atoms with Gasteiger partial charge in [0.1, 0.15) is 5.76 Å². The van der Waals surface area contributed by atoms with E-state index in [1.54, 1.807) is 14.7 Å². The average molecular weight is 426 g/mol. The largest absolute Gasteiger partial charge is 0.360 e. The molecule has 9 nitrogen and oxygen atoms in total. The smallest absolute Gasteiger partial charge is 0.282 e. The summed E-state index contributed by atoms with van der Waals surface area (Å²) in [7, 11) is -3.52. The predicted molar refractivity (Wildman–Crippen MR) is 107 cm³/mol. The van der Waals surface area contributed by atoms with E-state index in [4.69, 9.17) is 10.3 Å². The molecule has 1 amide bonds. The minimum atomic E-state index is -3.52. The molecule has 3 fully saturated rings. The van der Waals surface area contributed by atoms with Crippen LogP contribution in [0, 0.1) is 5.92 Å². The summed E-state index contributed by atoms with van der Waals surface area (Å²) in [5.74, 6) is 1.08. The lowest BCUT2D eigenvalue weighted by atomic mass is 9.96. The highest BCUT2D eigenvalue weighted by molar-refractivity contribution is 7.86. The summed E-state index contributed by atoms with van der Waals surface area (Å²) in [6.45, 7) is 5.21. The fourth-order valence-electron chi connectivity index (χ4n) is 4.32. The fourth-order valence-corrected chi connectivity index (χ4v) is 6.26. The van der Waals surface area contributed by atoms with Crippen molar-refractivity contribution in [2.75, 3.05) is 19.6 Å². The molecule has 4 atom stereocenters. The van der Waals surface area contributed by atoms with Crippen molar-refractivity contribution in [3.8, 4) is 0 Å². The summed E-state index contributed by atoms with van der Waals surface area (Å²) in [5, 5.41) is 6.87. The van der Waals surface area contributed by atoms with Crippen LogP contribution in [0.5, 0.6) is 0 Å². The van der Waals surface area contributed by atoms with E-state index in [9.17, 15) is 13.2 Å². The number of hydrogen-bond acceptors (Lipinski definition) is 6. The summed E-state index contributed by atoms with van der Waals surface area (Å²) < 4.78 is 34.6. The molecular formula is C19H31N5O4S. The van der Waals surface area contributed by atoms with E-state index in [2.05, 4.69) is 10.5 Å². The van der Waals surface area contributed by atoms with E-state index in [1.165, 1.54) is 0 Å². The van der Waals surface area contributed by atoms with E-state index < -0.39 is 10.2 Å². The third-order valence-electron chi connectivity index (χ3n) is 6.45. The van der Waals surface area contributed by atoms with Gasteiger partial charge in [-0.05, 0) is 44.9 Å². The average Bonchev–Trinajstić information content (AvgIpc) is 3.40. The van der Waals surface area contributed by atoms with Gasteiger partial charge in [0.15, 0.2) is 5.69 Å². The summed E-state index contributed by atoms with van der Waals surface area (Å²) >= 11 is 0. The van der Waals surface area contributed by atoms with Crippen molar-refractivity contribution in [3.05, 3.63) is 17.5 Å². The van der Waals surface area contributed by atoms with Crippen LogP contribution < -0.4 is 11.1 Å². The second kappa shape index (κ2) is 7.98. The lowest BCUT2D eigenvalue weighted by Crippen LogP contribution is -2.57. The molecule has 1 aromatic heterocycles. The molecule has 29 heavy (non-hydrogen) atoms. The number of nitrogens with two attached hydrogens (primary N) is 1. The van der Waals surface area contributed by atoms with E-state index in [1.807, 2.05) is 13.8 Å². The Bertz CT molecular complexity index is 853. The van der Waals surface area contributed by atoms with Gasteiger partial charge in [-0.1, -0.05) is 12.1 Å².